The van der Waals surface area contributed by atoms with Gasteiger partial charge in [-0.15, -0.1) is 0 Å². The second kappa shape index (κ2) is 4.71. The number of fused-ring (bicyclic) bond motifs is 1. The third-order valence-electron chi connectivity index (χ3n) is 2.15. The first-order valence-corrected chi connectivity index (χ1v) is 5.05. The number of rotatable bonds is 3. The lowest BCUT2D eigenvalue weighted by molar-refractivity contribution is -0.154. The molecule has 0 aliphatic rings. The van der Waals surface area contributed by atoms with Gasteiger partial charge in [0.1, 0.15) is 0 Å². The number of aromatic nitrogens is 2. The van der Waals surface area contributed by atoms with Crippen LogP contribution < -0.4 is 4.74 Å². The third kappa shape index (κ3) is 3.30. The highest BCUT2D eigenvalue weighted by atomic mass is 19.4. The number of carboxylic acids is 1. The number of nitrogens with zero attached hydrogens (tertiary/aromatic N) is 2. The van der Waals surface area contributed by atoms with E-state index < -0.39 is 18.8 Å². The van der Waals surface area contributed by atoms with E-state index in [1.807, 2.05) is 0 Å². The Morgan fingerprint density at radius 2 is 2.11 bits per heavy atom. The van der Waals surface area contributed by atoms with Gasteiger partial charge in [-0.05, 0) is 12.1 Å². The van der Waals surface area contributed by atoms with Gasteiger partial charge < -0.3 is 9.84 Å². The quantitative estimate of drug-likeness (QED) is 0.927. The van der Waals surface area contributed by atoms with Crippen LogP contribution in [0.3, 0.4) is 0 Å². The van der Waals surface area contributed by atoms with Crippen molar-refractivity contribution in [1.82, 2.24) is 9.97 Å². The van der Waals surface area contributed by atoms with E-state index in [9.17, 15) is 18.0 Å². The minimum atomic E-state index is -4.45. The number of carboxylic acid groups (broad SMARTS) is 1. The number of carbonyl (C=O) groups is 1. The minimum Gasteiger partial charge on any atom is -0.478 e. The Hall–Kier alpha value is -2.38. The first-order chi connectivity index (χ1) is 8.85. The average molecular weight is 272 g/mol. The fourth-order valence-corrected chi connectivity index (χ4v) is 1.35. The summed E-state index contributed by atoms with van der Waals surface area (Å²) >= 11 is 0. The Morgan fingerprint density at radius 3 is 2.74 bits per heavy atom. The van der Waals surface area contributed by atoms with Crippen LogP contribution in [-0.2, 0) is 0 Å². The van der Waals surface area contributed by atoms with E-state index in [-0.39, 0.29) is 17.1 Å². The van der Waals surface area contributed by atoms with Gasteiger partial charge >= 0.3 is 12.1 Å². The van der Waals surface area contributed by atoms with Crippen molar-refractivity contribution < 1.29 is 27.8 Å². The van der Waals surface area contributed by atoms with Crippen LogP contribution in [0.5, 0.6) is 5.88 Å². The molecule has 0 bridgehead atoms. The van der Waals surface area contributed by atoms with E-state index in [4.69, 9.17) is 5.11 Å². The predicted molar refractivity (Wildman–Crippen MR) is 58.0 cm³/mol. The molecule has 0 aromatic carbocycles. The largest absolute Gasteiger partial charge is 0.478 e. The molecule has 19 heavy (non-hydrogen) atoms. The van der Waals surface area contributed by atoms with Gasteiger partial charge in [0, 0.05) is 17.6 Å². The third-order valence-corrected chi connectivity index (χ3v) is 2.15. The summed E-state index contributed by atoms with van der Waals surface area (Å²) in [7, 11) is 0. The van der Waals surface area contributed by atoms with Crippen molar-refractivity contribution in [3.8, 4) is 5.88 Å². The molecule has 2 rings (SSSR count). The predicted octanol–water partition coefficient (Wildman–Crippen LogP) is 2.27. The molecule has 0 fully saturated rings. The van der Waals surface area contributed by atoms with E-state index in [2.05, 4.69) is 14.7 Å². The summed E-state index contributed by atoms with van der Waals surface area (Å²) in [6, 6.07) is 3.94. The van der Waals surface area contributed by atoms with E-state index >= 15 is 0 Å². The maximum absolute atomic E-state index is 12.0. The molecule has 0 amide bonds. The van der Waals surface area contributed by atoms with Crippen molar-refractivity contribution in [3.05, 3.63) is 30.0 Å². The summed E-state index contributed by atoms with van der Waals surface area (Å²) in [6.45, 7) is -1.45. The summed E-state index contributed by atoms with van der Waals surface area (Å²) in [6.07, 6.45) is -3.37. The van der Waals surface area contributed by atoms with Gasteiger partial charge in [-0.2, -0.15) is 18.2 Å². The average Bonchev–Trinajstić information content (AvgIpc) is 2.34. The Bertz CT molecular complexity index is 628. The Labute approximate surface area is 104 Å². The van der Waals surface area contributed by atoms with Gasteiger partial charge in [-0.1, -0.05) is 0 Å². The molecule has 0 unspecified atom stereocenters. The van der Waals surface area contributed by atoms with Crippen molar-refractivity contribution in [2.24, 2.45) is 0 Å². The van der Waals surface area contributed by atoms with Crippen LogP contribution in [0.15, 0.2) is 24.4 Å². The molecule has 0 saturated heterocycles. The van der Waals surface area contributed by atoms with Gasteiger partial charge in [0.05, 0.1) is 5.56 Å². The van der Waals surface area contributed by atoms with Crippen molar-refractivity contribution >= 4 is 17.0 Å². The van der Waals surface area contributed by atoms with Crippen LogP contribution in [0.2, 0.25) is 0 Å². The second-order valence-electron chi connectivity index (χ2n) is 3.63. The lowest BCUT2D eigenvalue weighted by Crippen LogP contribution is -2.19. The van der Waals surface area contributed by atoms with Crippen LogP contribution in [0, 0.1) is 0 Å². The van der Waals surface area contributed by atoms with Crippen LogP contribution in [0.4, 0.5) is 13.2 Å². The van der Waals surface area contributed by atoms with E-state index in [0.29, 0.717) is 5.39 Å². The molecule has 0 aliphatic heterocycles. The van der Waals surface area contributed by atoms with Gasteiger partial charge in [0.15, 0.2) is 12.3 Å². The second-order valence-corrected chi connectivity index (χ2v) is 3.63. The van der Waals surface area contributed by atoms with Crippen molar-refractivity contribution in [2.75, 3.05) is 6.61 Å². The minimum absolute atomic E-state index is 0.0294. The zero-order valence-electron chi connectivity index (χ0n) is 9.31. The molecular formula is C11H7F3N2O3. The molecule has 1 N–H and O–H groups in total. The van der Waals surface area contributed by atoms with Crippen LogP contribution >= 0.6 is 0 Å². The maximum atomic E-state index is 12.0. The standard InChI is InChI=1S/C11H7F3N2O3/c12-11(13,14)5-19-8-2-1-6-3-7(10(17)18)4-15-9(6)16-8/h1-4H,5H2,(H,17,18). The first-order valence-electron chi connectivity index (χ1n) is 5.05. The zero-order chi connectivity index (χ0) is 14.0. The monoisotopic (exact) mass is 272 g/mol. The number of hydrogen-bond acceptors (Lipinski definition) is 4. The van der Waals surface area contributed by atoms with Crippen molar-refractivity contribution in [2.45, 2.75) is 6.18 Å². The fourth-order valence-electron chi connectivity index (χ4n) is 1.35. The molecule has 0 radical (unpaired) electrons. The van der Waals surface area contributed by atoms with Gasteiger partial charge in [-0.3, -0.25) is 0 Å². The Balaban J connectivity index is 2.26. The molecule has 2 aromatic rings. The van der Waals surface area contributed by atoms with Crippen LogP contribution in [-0.4, -0.2) is 33.8 Å². The molecule has 0 aliphatic carbocycles. The summed E-state index contributed by atoms with van der Waals surface area (Å²) in [5.74, 6) is -1.37. The summed E-state index contributed by atoms with van der Waals surface area (Å²) in [5, 5.41) is 9.16. The molecule has 0 atom stereocenters. The molecule has 2 aromatic heterocycles. The zero-order valence-corrected chi connectivity index (χ0v) is 9.31. The molecule has 8 heteroatoms. The van der Waals surface area contributed by atoms with E-state index in [1.165, 1.54) is 18.2 Å². The summed E-state index contributed by atoms with van der Waals surface area (Å²) in [5.41, 5.74) is 0.0861. The topological polar surface area (TPSA) is 72.3 Å². The highest BCUT2D eigenvalue weighted by Gasteiger charge is 2.28. The van der Waals surface area contributed by atoms with E-state index in [0.717, 1.165) is 6.20 Å². The number of alkyl halides is 3. The first kappa shape index (κ1) is 13.1. The Kier molecular flexibility index (Phi) is 3.24. The number of pyridine rings is 2. The van der Waals surface area contributed by atoms with Crippen molar-refractivity contribution in [1.29, 1.82) is 0 Å². The van der Waals surface area contributed by atoms with Crippen LogP contribution in [0.1, 0.15) is 10.4 Å². The number of halogens is 3. The molecule has 0 spiro atoms. The fraction of sp³-hybridized carbons (Fsp3) is 0.182. The smallest absolute Gasteiger partial charge is 0.422 e. The summed E-state index contributed by atoms with van der Waals surface area (Å²) in [4.78, 5) is 18.2. The molecular weight excluding hydrogens is 265 g/mol. The number of ether oxygens (including phenoxy) is 1. The number of aromatic carboxylic acids is 1. The van der Waals surface area contributed by atoms with Crippen molar-refractivity contribution in [3.63, 3.8) is 0 Å². The number of hydrogen-bond donors (Lipinski definition) is 1. The molecule has 100 valence electrons. The van der Waals surface area contributed by atoms with Gasteiger partial charge in [-0.25, -0.2) is 9.78 Å². The SMILES string of the molecule is O=C(O)c1cnc2nc(OCC(F)(F)F)ccc2c1. The highest BCUT2D eigenvalue weighted by Crippen LogP contribution is 2.19. The normalized spacial score (nSPS) is 11.5. The molecule has 2 heterocycles. The maximum Gasteiger partial charge on any atom is 0.422 e. The highest BCUT2D eigenvalue weighted by molar-refractivity contribution is 5.91. The summed E-state index contributed by atoms with van der Waals surface area (Å²) < 4.78 is 40.4. The molecule has 0 saturated carbocycles. The van der Waals surface area contributed by atoms with Gasteiger partial charge in [0.25, 0.3) is 0 Å². The van der Waals surface area contributed by atoms with Crippen LogP contribution in [0.25, 0.3) is 11.0 Å². The van der Waals surface area contributed by atoms with Gasteiger partial charge in [0.2, 0.25) is 5.88 Å². The van der Waals surface area contributed by atoms with E-state index in [1.54, 1.807) is 0 Å². The Morgan fingerprint density at radius 1 is 1.37 bits per heavy atom. The lowest BCUT2D eigenvalue weighted by Gasteiger charge is -2.08. The molecule has 5 nitrogen and oxygen atoms in total. The lowest BCUT2D eigenvalue weighted by atomic mass is 10.2.